The number of imide groups is 4. The van der Waals surface area contributed by atoms with Crippen LogP contribution in [0.4, 0.5) is 23.8 Å². The summed E-state index contributed by atoms with van der Waals surface area (Å²) in [7, 11) is 1.03. The number of phenols is 1. The van der Waals surface area contributed by atoms with Gasteiger partial charge in [-0.05, 0) is 60.2 Å². The van der Waals surface area contributed by atoms with E-state index in [1.165, 1.54) is 30.3 Å². The summed E-state index contributed by atoms with van der Waals surface area (Å²) in [6.07, 6.45) is -3.90. The van der Waals surface area contributed by atoms with Crippen LogP contribution in [-0.2, 0) is 35.5 Å². The van der Waals surface area contributed by atoms with Crippen molar-refractivity contribution in [3.8, 4) is 5.75 Å². The average molecular weight is 764 g/mol. The molecule has 0 radical (unpaired) electrons. The number of halogens is 6. The Kier molecular flexibility index (Phi) is 8.35. The maximum Gasteiger partial charge on any atom is 0.423 e. The lowest BCUT2D eigenvalue weighted by Gasteiger charge is -2.50. The van der Waals surface area contributed by atoms with Gasteiger partial charge in [-0.15, -0.1) is 0 Å². The van der Waals surface area contributed by atoms with E-state index in [-0.39, 0.29) is 23.6 Å². The SMILES string of the molecule is COC(=O)N1C(=O)C2CC=C3C(CC4C(=O)N(Nc5ncc(C(F)(F)F)cc5Cl)C(=O)C4(c4ccc(Cl)cc4)C3c3ccc(O)cc3Cl)C2C1=O. The van der Waals surface area contributed by atoms with Gasteiger partial charge in [0.25, 0.3) is 11.8 Å². The van der Waals surface area contributed by atoms with Crippen LogP contribution in [0.25, 0.3) is 0 Å². The standard InChI is InChI=1S/C34H24Cl3F3N4O7/c1-51-32(50)43-28(46)20-9-8-18-21(25(20)30(43)48)12-22-29(47)44(42-27-24(37)10-15(13-41-27)34(38,39)40)31(49)33(22,14-2-4-16(35)5-3-14)26(18)19-7-6-17(45)11-23(19)36/h2-8,10-11,13,20-22,25-26,45H,9,12H2,1H3,(H,41,42). The first kappa shape index (κ1) is 34.8. The highest BCUT2D eigenvalue weighted by atomic mass is 35.5. The summed E-state index contributed by atoms with van der Waals surface area (Å²) in [5.41, 5.74) is 0.623. The molecule has 6 unspecified atom stereocenters. The molecular formula is C34H24Cl3F3N4O7. The summed E-state index contributed by atoms with van der Waals surface area (Å²) < 4.78 is 44.9. The number of hydrogen-bond donors (Lipinski definition) is 2. The van der Waals surface area contributed by atoms with Crippen LogP contribution >= 0.6 is 34.8 Å². The number of allylic oxidation sites excluding steroid dienone is 2. The maximum atomic E-state index is 15.1. The van der Waals surface area contributed by atoms with Crippen molar-refractivity contribution in [2.45, 2.75) is 30.4 Å². The molecule has 3 aromatic rings. The zero-order chi connectivity index (χ0) is 36.7. The molecule has 4 aliphatic rings. The second kappa shape index (κ2) is 12.2. The third-order valence-corrected chi connectivity index (χ3v) is 11.1. The molecule has 2 aromatic carbocycles. The van der Waals surface area contributed by atoms with Gasteiger partial charge in [0, 0.05) is 22.2 Å². The molecule has 2 saturated heterocycles. The number of anilines is 1. The van der Waals surface area contributed by atoms with E-state index in [2.05, 4.69) is 10.4 Å². The number of rotatable bonds is 4. The van der Waals surface area contributed by atoms with Crippen LogP contribution in [0.15, 0.2) is 66.4 Å². The predicted octanol–water partition coefficient (Wildman–Crippen LogP) is 6.52. The molecule has 11 nitrogen and oxygen atoms in total. The average Bonchev–Trinajstić information content (AvgIpc) is 3.46. The number of benzene rings is 2. The number of carbonyl (C=O) groups excluding carboxylic acids is 5. The smallest absolute Gasteiger partial charge is 0.423 e. The number of pyridine rings is 1. The third kappa shape index (κ3) is 5.17. The Hall–Kier alpha value is -4.66. The van der Waals surface area contributed by atoms with Crippen LogP contribution in [0.5, 0.6) is 5.75 Å². The van der Waals surface area contributed by atoms with E-state index >= 15 is 4.79 Å². The first-order valence-corrected chi connectivity index (χ1v) is 16.5. The fraction of sp³-hybridized carbons (Fsp3) is 0.294. The Morgan fingerprint density at radius 2 is 1.69 bits per heavy atom. The fourth-order valence-electron chi connectivity index (χ4n) is 8.15. The molecule has 2 aliphatic heterocycles. The first-order valence-electron chi connectivity index (χ1n) is 15.4. The van der Waals surface area contributed by atoms with Gasteiger partial charge < -0.3 is 9.84 Å². The van der Waals surface area contributed by atoms with Gasteiger partial charge in [0.2, 0.25) is 11.8 Å². The molecular weight excluding hydrogens is 740 g/mol. The van der Waals surface area contributed by atoms with Crippen LogP contribution in [0.3, 0.4) is 0 Å². The van der Waals surface area contributed by atoms with Crippen molar-refractivity contribution in [1.29, 1.82) is 0 Å². The highest BCUT2D eigenvalue weighted by molar-refractivity contribution is 6.33. The molecule has 2 N–H and O–H groups in total. The number of carbonyl (C=O) groups is 5. The molecule has 264 valence electrons. The summed E-state index contributed by atoms with van der Waals surface area (Å²) in [5, 5.41) is 10.7. The number of alkyl halides is 3. The van der Waals surface area contributed by atoms with Gasteiger partial charge in [-0.1, -0.05) is 64.7 Å². The molecule has 3 fully saturated rings. The van der Waals surface area contributed by atoms with Crippen molar-refractivity contribution in [1.82, 2.24) is 14.9 Å². The highest BCUT2D eigenvalue weighted by Crippen LogP contribution is 2.65. The quantitative estimate of drug-likeness (QED) is 0.224. The first-order chi connectivity index (χ1) is 24.1. The van der Waals surface area contributed by atoms with Crippen LogP contribution in [0.2, 0.25) is 15.1 Å². The Morgan fingerprint density at radius 3 is 2.31 bits per heavy atom. The van der Waals surface area contributed by atoms with E-state index in [9.17, 15) is 37.5 Å². The number of hydrogen-bond acceptors (Lipinski definition) is 9. The number of aromatic hydroxyl groups is 1. The summed E-state index contributed by atoms with van der Waals surface area (Å²) in [5.74, 6) is -9.27. The number of nitrogens with one attached hydrogen (secondary N) is 1. The molecule has 51 heavy (non-hydrogen) atoms. The van der Waals surface area contributed by atoms with Crippen molar-refractivity contribution in [3.63, 3.8) is 0 Å². The lowest BCUT2D eigenvalue weighted by Crippen LogP contribution is -2.53. The Balaban J connectivity index is 1.44. The van der Waals surface area contributed by atoms with Gasteiger partial charge in [0.05, 0.1) is 40.9 Å². The molecule has 17 heteroatoms. The van der Waals surface area contributed by atoms with Crippen LogP contribution in [0, 0.1) is 23.7 Å². The van der Waals surface area contributed by atoms with E-state index in [0.717, 1.165) is 7.11 Å². The normalized spacial score (nSPS) is 27.2. The second-order valence-electron chi connectivity index (χ2n) is 12.6. The van der Waals surface area contributed by atoms with Crippen molar-refractivity contribution in [2.75, 3.05) is 12.5 Å². The zero-order valence-electron chi connectivity index (χ0n) is 26.1. The Bertz CT molecular complexity index is 2080. The van der Waals surface area contributed by atoms with Gasteiger partial charge in [0.15, 0.2) is 5.82 Å². The minimum atomic E-state index is -4.77. The highest BCUT2D eigenvalue weighted by Gasteiger charge is 2.71. The van der Waals surface area contributed by atoms with E-state index in [1.807, 2.05) is 0 Å². The number of amides is 5. The van der Waals surface area contributed by atoms with E-state index < -0.39 is 87.3 Å². The minimum absolute atomic E-state index is 0.00266. The van der Waals surface area contributed by atoms with E-state index in [1.54, 1.807) is 18.2 Å². The molecule has 7 rings (SSSR count). The Labute approximate surface area is 301 Å². The molecule has 6 atom stereocenters. The summed E-state index contributed by atoms with van der Waals surface area (Å²) in [4.78, 5) is 73.7. The number of nitrogens with zero attached hydrogens (tertiary/aromatic N) is 3. The zero-order valence-corrected chi connectivity index (χ0v) is 28.3. The molecule has 3 heterocycles. The fourth-order valence-corrected chi connectivity index (χ4v) is 8.77. The molecule has 0 bridgehead atoms. The summed E-state index contributed by atoms with van der Waals surface area (Å²) in [6, 6.07) is 10.8. The number of hydrazine groups is 1. The van der Waals surface area contributed by atoms with Gasteiger partial charge in [-0.3, -0.25) is 24.6 Å². The van der Waals surface area contributed by atoms with Gasteiger partial charge >= 0.3 is 12.3 Å². The minimum Gasteiger partial charge on any atom is -0.508 e. The van der Waals surface area contributed by atoms with Gasteiger partial charge in [-0.25, -0.2) is 9.78 Å². The second-order valence-corrected chi connectivity index (χ2v) is 13.9. The van der Waals surface area contributed by atoms with Crippen LogP contribution in [0.1, 0.15) is 35.4 Å². The molecule has 2 aliphatic carbocycles. The monoisotopic (exact) mass is 762 g/mol. The molecule has 1 saturated carbocycles. The Morgan fingerprint density at radius 1 is 0.980 bits per heavy atom. The van der Waals surface area contributed by atoms with Crippen LogP contribution < -0.4 is 5.43 Å². The third-order valence-electron chi connectivity index (χ3n) is 10.2. The molecule has 0 spiro atoms. The topological polar surface area (TPSA) is 146 Å². The van der Waals surface area contributed by atoms with Crippen molar-refractivity contribution in [3.05, 3.63) is 98.1 Å². The molecule has 1 aromatic heterocycles. The largest absolute Gasteiger partial charge is 0.508 e. The number of methoxy groups -OCH3 is 1. The lowest BCUT2D eigenvalue weighted by atomic mass is 9.49. The summed E-state index contributed by atoms with van der Waals surface area (Å²) in [6.45, 7) is 0. The number of ether oxygens (including phenoxy) is 1. The molecule has 5 amide bonds. The van der Waals surface area contributed by atoms with Crippen molar-refractivity contribution >= 4 is 70.3 Å². The van der Waals surface area contributed by atoms with E-state index in [4.69, 9.17) is 39.5 Å². The lowest BCUT2D eigenvalue weighted by molar-refractivity contribution is -0.140. The predicted molar refractivity (Wildman–Crippen MR) is 174 cm³/mol. The van der Waals surface area contributed by atoms with Gasteiger partial charge in [0.1, 0.15) is 5.75 Å². The van der Waals surface area contributed by atoms with E-state index in [0.29, 0.717) is 43.9 Å². The van der Waals surface area contributed by atoms with Crippen LogP contribution in [-0.4, -0.2) is 56.8 Å². The number of fused-ring (bicyclic) bond motifs is 4. The number of aromatic nitrogens is 1. The van der Waals surface area contributed by atoms with Crippen molar-refractivity contribution < 1.29 is 47.0 Å². The van der Waals surface area contributed by atoms with Crippen molar-refractivity contribution in [2.24, 2.45) is 23.7 Å². The van der Waals surface area contributed by atoms with Gasteiger partial charge in [-0.2, -0.15) is 23.1 Å². The maximum absolute atomic E-state index is 15.1. The summed E-state index contributed by atoms with van der Waals surface area (Å²) >= 11 is 19.2. The number of phenolic OH excluding ortho intramolecular Hbond substituents is 1. The number of likely N-dealkylation sites (tertiary alicyclic amines) is 1.